The zero-order valence-electron chi connectivity index (χ0n) is 13.8. The van der Waals surface area contributed by atoms with E-state index < -0.39 is 0 Å². The van der Waals surface area contributed by atoms with Crippen LogP contribution in [0.5, 0.6) is 0 Å². The molecule has 2 aliphatic rings. The third kappa shape index (κ3) is 4.09. The Hall–Kier alpha value is -1.36. The molecule has 1 aliphatic carbocycles. The molecule has 0 amide bonds. The van der Waals surface area contributed by atoms with Crippen molar-refractivity contribution in [1.29, 1.82) is 0 Å². The predicted molar refractivity (Wildman–Crippen MR) is 91.5 cm³/mol. The van der Waals surface area contributed by atoms with E-state index in [1.54, 1.807) is 6.33 Å². The summed E-state index contributed by atoms with van der Waals surface area (Å²) in [7, 11) is 0. The van der Waals surface area contributed by atoms with Gasteiger partial charge >= 0.3 is 0 Å². The normalized spacial score (nSPS) is 21.6. The van der Waals surface area contributed by atoms with Crippen LogP contribution < -0.4 is 10.2 Å². The van der Waals surface area contributed by atoms with E-state index in [4.69, 9.17) is 0 Å². The van der Waals surface area contributed by atoms with Gasteiger partial charge in [0.05, 0.1) is 0 Å². The second-order valence-electron chi connectivity index (χ2n) is 6.52. The van der Waals surface area contributed by atoms with Crippen molar-refractivity contribution in [3.05, 3.63) is 12.4 Å². The highest BCUT2D eigenvalue weighted by Gasteiger charge is 2.18. The van der Waals surface area contributed by atoms with Gasteiger partial charge in [0.25, 0.3) is 0 Å². The van der Waals surface area contributed by atoms with E-state index in [0.29, 0.717) is 6.04 Å². The van der Waals surface area contributed by atoms with Crippen molar-refractivity contribution in [3.8, 4) is 0 Å². The summed E-state index contributed by atoms with van der Waals surface area (Å²) in [4.78, 5) is 13.8. The third-order valence-electron chi connectivity index (χ3n) is 5.00. The smallest absolute Gasteiger partial charge is 0.134 e. The summed E-state index contributed by atoms with van der Waals surface area (Å²) in [5.74, 6) is 2.07. The number of anilines is 2. The fourth-order valence-electron chi connectivity index (χ4n) is 3.52. The Kier molecular flexibility index (Phi) is 5.48. The van der Waals surface area contributed by atoms with Crippen molar-refractivity contribution in [3.63, 3.8) is 0 Å². The molecule has 0 unspecified atom stereocenters. The number of rotatable bonds is 4. The van der Waals surface area contributed by atoms with E-state index in [1.165, 1.54) is 38.5 Å². The predicted octanol–water partition coefficient (Wildman–Crippen LogP) is 2.75. The largest absolute Gasteiger partial charge is 0.367 e. The van der Waals surface area contributed by atoms with Crippen LogP contribution in [0.2, 0.25) is 0 Å². The van der Waals surface area contributed by atoms with Gasteiger partial charge in [-0.2, -0.15) is 0 Å². The average molecular weight is 303 g/mol. The number of nitrogens with zero attached hydrogens (tertiary/aromatic N) is 4. The van der Waals surface area contributed by atoms with Crippen LogP contribution in [0.25, 0.3) is 0 Å². The molecule has 1 saturated carbocycles. The van der Waals surface area contributed by atoms with Crippen LogP contribution in [0.3, 0.4) is 0 Å². The molecule has 2 fully saturated rings. The van der Waals surface area contributed by atoms with Crippen LogP contribution in [0.1, 0.15) is 45.4 Å². The Morgan fingerprint density at radius 1 is 1.05 bits per heavy atom. The molecule has 122 valence electrons. The van der Waals surface area contributed by atoms with Gasteiger partial charge in [0, 0.05) is 38.3 Å². The lowest BCUT2D eigenvalue weighted by Crippen LogP contribution is -2.46. The van der Waals surface area contributed by atoms with Gasteiger partial charge in [-0.1, -0.05) is 32.6 Å². The summed E-state index contributed by atoms with van der Waals surface area (Å²) < 4.78 is 0. The molecule has 0 aromatic carbocycles. The topological polar surface area (TPSA) is 44.3 Å². The number of aromatic nitrogens is 2. The molecule has 3 rings (SSSR count). The van der Waals surface area contributed by atoms with Crippen molar-refractivity contribution in [1.82, 2.24) is 14.9 Å². The van der Waals surface area contributed by atoms with Crippen molar-refractivity contribution >= 4 is 11.6 Å². The van der Waals surface area contributed by atoms with Crippen molar-refractivity contribution in [2.45, 2.75) is 51.5 Å². The molecule has 1 aromatic rings. The molecule has 1 saturated heterocycles. The number of nitrogens with one attached hydrogen (secondary N) is 1. The lowest BCUT2D eigenvalue weighted by atomic mass is 10.1. The summed E-state index contributed by atoms with van der Waals surface area (Å²) in [6.45, 7) is 7.76. The lowest BCUT2D eigenvalue weighted by molar-refractivity contribution is 0.270. The van der Waals surface area contributed by atoms with Gasteiger partial charge in [0.15, 0.2) is 0 Å². The fourth-order valence-corrected chi connectivity index (χ4v) is 3.52. The van der Waals surface area contributed by atoms with Gasteiger partial charge in [-0.05, 0) is 19.4 Å². The Balaban J connectivity index is 1.60. The van der Waals surface area contributed by atoms with E-state index >= 15 is 0 Å². The van der Waals surface area contributed by atoms with Crippen LogP contribution in [0.15, 0.2) is 12.4 Å². The Morgan fingerprint density at radius 2 is 1.77 bits per heavy atom. The lowest BCUT2D eigenvalue weighted by Gasteiger charge is -2.34. The van der Waals surface area contributed by atoms with Crippen LogP contribution in [0.4, 0.5) is 11.6 Å². The standard InChI is InChI=1S/C17H29N5/c1-2-21-9-11-22(12-10-21)17-13-16(18-14-19-17)20-15-7-5-3-4-6-8-15/h13-15H,2-12H2,1H3,(H,18,19,20). The molecule has 1 aromatic heterocycles. The summed E-state index contributed by atoms with van der Waals surface area (Å²) in [6, 6.07) is 2.72. The maximum atomic E-state index is 4.48. The molecule has 1 aliphatic heterocycles. The second-order valence-corrected chi connectivity index (χ2v) is 6.52. The molecular formula is C17H29N5. The van der Waals surface area contributed by atoms with Crippen molar-refractivity contribution in [2.75, 3.05) is 42.9 Å². The summed E-state index contributed by atoms with van der Waals surface area (Å²) >= 11 is 0. The molecule has 5 heteroatoms. The number of hydrogen-bond donors (Lipinski definition) is 1. The maximum absolute atomic E-state index is 4.48. The van der Waals surface area contributed by atoms with Gasteiger partial charge < -0.3 is 15.1 Å². The van der Waals surface area contributed by atoms with Crippen LogP contribution in [-0.4, -0.2) is 53.6 Å². The van der Waals surface area contributed by atoms with Crippen LogP contribution >= 0.6 is 0 Å². The molecule has 1 N–H and O–H groups in total. The van der Waals surface area contributed by atoms with Crippen LogP contribution in [0, 0.1) is 0 Å². The Labute approximate surface area is 134 Å². The molecule has 0 spiro atoms. The Morgan fingerprint density at radius 3 is 2.45 bits per heavy atom. The first kappa shape index (κ1) is 15.5. The maximum Gasteiger partial charge on any atom is 0.134 e. The van der Waals surface area contributed by atoms with Gasteiger partial charge in [0.2, 0.25) is 0 Å². The van der Waals surface area contributed by atoms with E-state index in [-0.39, 0.29) is 0 Å². The SMILES string of the molecule is CCN1CCN(c2cc(NC3CCCCCC3)ncn2)CC1. The number of piperazine rings is 1. The van der Waals surface area contributed by atoms with E-state index in [1.807, 2.05) is 0 Å². The van der Waals surface area contributed by atoms with Crippen molar-refractivity contribution < 1.29 is 0 Å². The second kappa shape index (κ2) is 7.77. The first-order valence-corrected chi connectivity index (χ1v) is 8.91. The first-order valence-electron chi connectivity index (χ1n) is 8.91. The third-order valence-corrected chi connectivity index (χ3v) is 5.00. The number of likely N-dealkylation sites (N-methyl/N-ethyl adjacent to an activating group) is 1. The molecule has 0 atom stereocenters. The van der Waals surface area contributed by atoms with E-state index in [2.05, 4.69) is 38.1 Å². The minimum atomic E-state index is 0.585. The minimum Gasteiger partial charge on any atom is -0.367 e. The molecule has 5 nitrogen and oxygen atoms in total. The van der Waals surface area contributed by atoms with Crippen LogP contribution in [-0.2, 0) is 0 Å². The summed E-state index contributed by atoms with van der Waals surface area (Å²) in [5.41, 5.74) is 0. The van der Waals surface area contributed by atoms with Gasteiger partial charge in [0.1, 0.15) is 18.0 Å². The highest BCUT2D eigenvalue weighted by molar-refractivity contribution is 5.49. The zero-order chi connectivity index (χ0) is 15.2. The van der Waals surface area contributed by atoms with Gasteiger partial charge in [-0.15, -0.1) is 0 Å². The van der Waals surface area contributed by atoms with E-state index in [9.17, 15) is 0 Å². The molecule has 2 heterocycles. The monoisotopic (exact) mass is 303 g/mol. The highest BCUT2D eigenvalue weighted by Crippen LogP contribution is 2.22. The quantitative estimate of drug-likeness (QED) is 0.867. The zero-order valence-corrected chi connectivity index (χ0v) is 13.8. The molecule has 0 radical (unpaired) electrons. The molecule has 22 heavy (non-hydrogen) atoms. The fraction of sp³-hybridized carbons (Fsp3) is 0.765. The van der Waals surface area contributed by atoms with Crippen molar-refractivity contribution in [2.24, 2.45) is 0 Å². The van der Waals surface area contributed by atoms with Gasteiger partial charge in [-0.3, -0.25) is 0 Å². The molecule has 0 bridgehead atoms. The minimum absolute atomic E-state index is 0.585. The Bertz CT molecular complexity index is 448. The van der Waals surface area contributed by atoms with E-state index in [0.717, 1.165) is 44.4 Å². The average Bonchev–Trinajstić information content (AvgIpc) is 2.84. The number of hydrogen-bond acceptors (Lipinski definition) is 5. The summed E-state index contributed by atoms with van der Waals surface area (Å²) in [5, 5.41) is 3.63. The molecular weight excluding hydrogens is 274 g/mol. The highest BCUT2D eigenvalue weighted by atomic mass is 15.3. The first-order chi connectivity index (χ1) is 10.8. The van der Waals surface area contributed by atoms with Gasteiger partial charge in [-0.25, -0.2) is 9.97 Å². The summed E-state index contributed by atoms with van der Waals surface area (Å²) in [6.07, 6.45) is 9.70.